The maximum Gasteiger partial charge on any atom is 0.341 e. The van der Waals surface area contributed by atoms with Crippen LogP contribution in [0.2, 0.25) is 0 Å². The molecule has 0 saturated carbocycles. The van der Waals surface area contributed by atoms with E-state index in [1.807, 2.05) is 22.2 Å². The number of rotatable bonds is 9. The van der Waals surface area contributed by atoms with Crippen molar-refractivity contribution >= 4 is 39.6 Å². The standard InChI is InChI=1S/C20H23N3O4S2/c1-4-26-20(25)17-14(9-12(2)3)11-29-19(17)21-15(24)5-6-16-22-18(23-27-16)13-7-8-28-10-13/h7-8,10-12H,4-6,9H2,1-3H3,(H,21,24). The van der Waals surface area contributed by atoms with E-state index >= 15 is 0 Å². The lowest BCUT2D eigenvalue weighted by atomic mass is 10.0. The number of ether oxygens (including phenoxy) is 1. The summed E-state index contributed by atoms with van der Waals surface area (Å²) >= 11 is 2.89. The molecule has 7 nitrogen and oxygen atoms in total. The van der Waals surface area contributed by atoms with Gasteiger partial charge in [-0.3, -0.25) is 4.79 Å². The molecule has 0 unspecified atom stereocenters. The summed E-state index contributed by atoms with van der Waals surface area (Å²) in [7, 11) is 0. The molecule has 0 aliphatic rings. The number of aromatic nitrogens is 2. The Morgan fingerprint density at radius 1 is 1.31 bits per heavy atom. The lowest BCUT2D eigenvalue weighted by Crippen LogP contribution is -2.16. The molecule has 0 radical (unpaired) electrons. The van der Waals surface area contributed by atoms with Crippen molar-refractivity contribution in [3.05, 3.63) is 39.2 Å². The summed E-state index contributed by atoms with van der Waals surface area (Å²) in [5.74, 6) is 0.679. The Kier molecular flexibility index (Phi) is 7.16. The lowest BCUT2D eigenvalue weighted by Gasteiger charge is -2.09. The first-order valence-corrected chi connectivity index (χ1v) is 11.2. The number of amides is 1. The van der Waals surface area contributed by atoms with Gasteiger partial charge in [0.15, 0.2) is 0 Å². The predicted molar refractivity (Wildman–Crippen MR) is 113 cm³/mol. The summed E-state index contributed by atoms with van der Waals surface area (Å²) in [6.45, 7) is 6.21. The first-order chi connectivity index (χ1) is 14.0. The van der Waals surface area contributed by atoms with Gasteiger partial charge in [0.2, 0.25) is 17.6 Å². The maximum absolute atomic E-state index is 12.4. The molecule has 29 heavy (non-hydrogen) atoms. The van der Waals surface area contributed by atoms with E-state index in [0.717, 1.165) is 17.5 Å². The molecule has 3 heterocycles. The van der Waals surface area contributed by atoms with Gasteiger partial charge in [-0.05, 0) is 41.7 Å². The molecule has 0 aliphatic carbocycles. The number of thiophene rings is 2. The van der Waals surface area contributed by atoms with Crippen LogP contribution >= 0.6 is 22.7 Å². The number of anilines is 1. The van der Waals surface area contributed by atoms with Crippen LogP contribution in [0.4, 0.5) is 5.00 Å². The second kappa shape index (κ2) is 9.80. The fourth-order valence-electron chi connectivity index (χ4n) is 2.78. The van der Waals surface area contributed by atoms with E-state index in [9.17, 15) is 9.59 Å². The molecule has 0 aromatic carbocycles. The van der Waals surface area contributed by atoms with Crippen LogP contribution < -0.4 is 5.32 Å². The van der Waals surface area contributed by atoms with Crippen molar-refractivity contribution in [2.45, 2.75) is 40.0 Å². The summed E-state index contributed by atoms with van der Waals surface area (Å²) in [5, 5.41) is 13.1. The third kappa shape index (κ3) is 5.51. The third-order valence-corrected chi connectivity index (χ3v) is 5.67. The molecule has 3 aromatic rings. The summed E-state index contributed by atoms with van der Waals surface area (Å²) in [6, 6.07) is 1.91. The highest BCUT2D eigenvalue weighted by atomic mass is 32.1. The zero-order valence-corrected chi connectivity index (χ0v) is 18.2. The van der Waals surface area contributed by atoms with Gasteiger partial charge in [0.25, 0.3) is 0 Å². The number of hydrogen-bond donors (Lipinski definition) is 1. The summed E-state index contributed by atoms with van der Waals surface area (Å²) < 4.78 is 10.4. The van der Waals surface area contributed by atoms with Crippen LogP contribution in [0, 0.1) is 5.92 Å². The number of carbonyl (C=O) groups is 2. The van der Waals surface area contributed by atoms with Crippen molar-refractivity contribution in [3.63, 3.8) is 0 Å². The van der Waals surface area contributed by atoms with Crippen LogP contribution in [0.15, 0.2) is 26.7 Å². The highest BCUT2D eigenvalue weighted by molar-refractivity contribution is 7.15. The van der Waals surface area contributed by atoms with Gasteiger partial charge < -0.3 is 14.6 Å². The van der Waals surface area contributed by atoms with E-state index < -0.39 is 5.97 Å². The monoisotopic (exact) mass is 433 g/mol. The second-order valence-electron chi connectivity index (χ2n) is 6.86. The fraction of sp³-hybridized carbons (Fsp3) is 0.400. The van der Waals surface area contributed by atoms with Gasteiger partial charge >= 0.3 is 5.97 Å². The summed E-state index contributed by atoms with van der Waals surface area (Å²) in [5.41, 5.74) is 2.25. The summed E-state index contributed by atoms with van der Waals surface area (Å²) in [4.78, 5) is 29.2. The highest BCUT2D eigenvalue weighted by Gasteiger charge is 2.22. The minimum Gasteiger partial charge on any atom is -0.462 e. The van der Waals surface area contributed by atoms with E-state index in [2.05, 4.69) is 29.3 Å². The first kappa shape index (κ1) is 21.2. The van der Waals surface area contributed by atoms with E-state index in [1.165, 1.54) is 11.3 Å². The normalized spacial score (nSPS) is 11.0. The van der Waals surface area contributed by atoms with E-state index in [4.69, 9.17) is 9.26 Å². The minimum atomic E-state index is -0.406. The smallest absolute Gasteiger partial charge is 0.341 e. The molecule has 0 fully saturated rings. The fourth-order valence-corrected chi connectivity index (χ4v) is 4.39. The topological polar surface area (TPSA) is 94.3 Å². The highest BCUT2D eigenvalue weighted by Crippen LogP contribution is 2.31. The van der Waals surface area contributed by atoms with Crippen molar-refractivity contribution in [3.8, 4) is 11.4 Å². The Balaban J connectivity index is 1.64. The van der Waals surface area contributed by atoms with Crippen molar-refractivity contribution in [2.24, 2.45) is 5.92 Å². The third-order valence-electron chi connectivity index (χ3n) is 4.04. The SMILES string of the molecule is CCOC(=O)c1c(CC(C)C)csc1NC(=O)CCc1nc(-c2ccsc2)no1. The van der Waals surface area contributed by atoms with E-state index in [0.29, 0.717) is 34.6 Å². The molecule has 1 amide bonds. The maximum atomic E-state index is 12.4. The second-order valence-corrected chi connectivity index (χ2v) is 8.52. The molecular formula is C20H23N3O4S2. The average Bonchev–Trinajstić information content (AvgIpc) is 3.41. The van der Waals surface area contributed by atoms with Gasteiger partial charge in [-0.15, -0.1) is 11.3 Å². The molecule has 0 saturated heterocycles. The van der Waals surface area contributed by atoms with Gasteiger partial charge in [-0.25, -0.2) is 4.79 Å². The molecule has 0 bridgehead atoms. The lowest BCUT2D eigenvalue weighted by molar-refractivity contribution is -0.116. The predicted octanol–water partition coefficient (Wildman–Crippen LogP) is 4.81. The Hall–Kier alpha value is -2.52. The number of nitrogens with one attached hydrogen (secondary N) is 1. The van der Waals surface area contributed by atoms with Crippen molar-refractivity contribution in [2.75, 3.05) is 11.9 Å². The molecule has 154 valence electrons. The number of carbonyl (C=O) groups excluding carboxylic acids is 2. The van der Waals surface area contributed by atoms with Crippen LogP contribution in [-0.4, -0.2) is 28.6 Å². The Morgan fingerprint density at radius 2 is 2.14 bits per heavy atom. The molecule has 0 spiro atoms. The molecular weight excluding hydrogens is 410 g/mol. The molecule has 3 rings (SSSR count). The molecule has 1 N–H and O–H groups in total. The summed E-state index contributed by atoms with van der Waals surface area (Å²) in [6.07, 6.45) is 1.24. The van der Waals surface area contributed by atoms with Gasteiger partial charge in [0.05, 0.1) is 12.2 Å². The van der Waals surface area contributed by atoms with Gasteiger partial charge in [0, 0.05) is 23.8 Å². The number of aryl methyl sites for hydroxylation is 1. The van der Waals surface area contributed by atoms with Gasteiger partial charge in [-0.1, -0.05) is 19.0 Å². The van der Waals surface area contributed by atoms with Crippen molar-refractivity contribution in [1.82, 2.24) is 10.1 Å². The van der Waals surface area contributed by atoms with Crippen LogP contribution in [0.5, 0.6) is 0 Å². The minimum absolute atomic E-state index is 0.172. The van der Waals surface area contributed by atoms with Crippen LogP contribution in [0.1, 0.15) is 49.0 Å². The largest absolute Gasteiger partial charge is 0.462 e. The Morgan fingerprint density at radius 3 is 2.83 bits per heavy atom. The van der Waals surface area contributed by atoms with Crippen LogP contribution in [0.3, 0.4) is 0 Å². The average molecular weight is 434 g/mol. The zero-order valence-electron chi connectivity index (χ0n) is 16.6. The van der Waals surface area contributed by atoms with Gasteiger partial charge in [0.1, 0.15) is 5.00 Å². The van der Waals surface area contributed by atoms with Crippen LogP contribution in [-0.2, 0) is 22.4 Å². The van der Waals surface area contributed by atoms with Crippen LogP contribution in [0.25, 0.3) is 11.4 Å². The Labute approximate surface area is 177 Å². The number of esters is 1. The molecule has 9 heteroatoms. The molecule has 3 aromatic heterocycles. The molecule has 0 atom stereocenters. The quantitative estimate of drug-likeness (QED) is 0.487. The van der Waals surface area contributed by atoms with E-state index in [1.54, 1.807) is 18.3 Å². The number of hydrogen-bond acceptors (Lipinski definition) is 8. The van der Waals surface area contributed by atoms with Crippen molar-refractivity contribution < 1.29 is 18.8 Å². The molecule has 0 aliphatic heterocycles. The Bertz CT molecular complexity index is 960. The zero-order chi connectivity index (χ0) is 20.8. The van der Waals surface area contributed by atoms with Crippen molar-refractivity contribution in [1.29, 1.82) is 0 Å². The number of nitrogens with zero attached hydrogens (tertiary/aromatic N) is 2. The van der Waals surface area contributed by atoms with E-state index in [-0.39, 0.29) is 18.9 Å². The first-order valence-electron chi connectivity index (χ1n) is 9.40. The van der Waals surface area contributed by atoms with Gasteiger partial charge in [-0.2, -0.15) is 16.3 Å².